The first-order valence-corrected chi connectivity index (χ1v) is 4.03. The van der Waals surface area contributed by atoms with Gasteiger partial charge in [0.2, 0.25) is 5.91 Å². The smallest absolute Gasteiger partial charge is 0.305 e. The fourth-order valence-electron chi connectivity index (χ4n) is 0.745. The van der Waals surface area contributed by atoms with Gasteiger partial charge in [-0.25, -0.2) is 0 Å². The predicted octanol–water partition coefficient (Wildman–Crippen LogP) is -0.298. The molecule has 76 valence electrons. The first-order chi connectivity index (χ1) is 6.20. The fourth-order valence-corrected chi connectivity index (χ4v) is 0.745. The summed E-state index contributed by atoms with van der Waals surface area (Å²) in [4.78, 5) is 21.4. The van der Waals surface area contributed by atoms with Crippen LogP contribution in [-0.4, -0.2) is 39.2 Å². The Kier molecular flexibility index (Phi) is 6.91. The summed E-state index contributed by atoms with van der Waals surface area (Å²) in [6.45, 7) is 0.523. The second kappa shape index (κ2) is 7.54. The second-order valence-corrected chi connectivity index (χ2v) is 2.46. The Morgan fingerprint density at radius 2 is 2.00 bits per heavy atom. The maximum Gasteiger partial charge on any atom is 0.305 e. The summed E-state index contributed by atoms with van der Waals surface area (Å²) in [5.74, 6) is -0.437. The van der Waals surface area contributed by atoms with Crippen molar-refractivity contribution in [2.75, 3.05) is 27.4 Å². The van der Waals surface area contributed by atoms with Crippen LogP contribution in [0.3, 0.4) is 0 Å². The molecule has 0 rings (SSSR count). The number of carbonyl (C=O) groups is 2. The first kappa shape index (κ1) is 11.9. The third-order valence-electron chi connectivity index (χ3n) is 1.38. The van der Waals surface area contributed by atoms with Crippen LogP contribution in [0.25, 0.3) is 0 Å². The van der Waals surface area contributed by atoms with Gasteiger partial charge in [0, 0.05) is 20.1 Å². The average Bonchev–Trinajstić information content (AvgIpc) is 2.12. The van der Waals surface area contributed by atoms with Crippen molar-refractivity contribution < 1.29 is 19.1 Å². The van der Waals surface area contributed by atoms with E-state index in [1.165, 1.54) is 14.2 Å². The number of hydrogen-bond acceptors (Lipinski definition) is 4. The van der Waals surface area contributed by atoms with Crippen molar-refractivity contribution in [1.29, 1.82) is 0 Å². The maximum absolute atomic E-state index is 10.8. The molecule has 1 N–H and O–H groups in total. The molecule has 0 saturated heterocycles. The van der Waals surface area contributed by atoms with Crippen molar-refractivity contribution >= 4 is 11.9 Å². The molecule has 0 aliphatic heterocycles. The molecule has 0 aliphatic rings. The summed E-state index contributed by atoms with van der Waals surface area (Å²) in [7, 11) is 2.79. The summed E-state index contributed by atoms with van der Waals surface area (Å²) in [5.41, 5.74) is 0. The van der Waals surface area contributed by atoms with Crippen molar-refractivity contribution in [1.82, 2.24) is 5.32 Å². The minimum absolute atomic E-state index is 0.0538. The molecule has 0 aliphatic carbocycles. The molecule has 5 nitrogen and oxygen atoms in total. The molecule has 0 aromatic rings. The van der Waals surface area contributed by atoms with Gasteiger partial charge in [-0.2, -0.15) is 0 Å². The van der Waals surface area contributed by atoms with Gasteiger partial charge < -0.3 is 14.8 Å². The van der Waals surface area contributed by atoms with Crippen LogP contribution >= 0.6 is 0 Å². The standard InChI is InChI=1S/C8H15NO4/c1-12-6-7(10)9-5-3-4-8(11)13-2/h3-6H2,1-2H3,(H,9,10). The number of rotatable bonds is 6. The van der Waals surface area contributed by atoms with Gasteiger partial charge >= 0.3 is 5.97 Å². The van der Waals surface area contributed by atoms with Crippen LogP contribution in [-0.2, 0) is 19.1 Å². The molecule has 0 aromatic heterocycles. The highest BCUT2D eigenvalue weighted by molar-refractivity contribution is 5.77. The van der Waals surface area contributed by atoms with Crippen LogP contribution in [0.4, 0.5) is 0 Å². The van der Waals surface area contributed by atoms with Gasteiger partial charge in [0.05, 0.1) is 7.11 Å². The number of carbonyl (C=O) groups excluding carboxylic acids is 2. The van der Waals surface area contributed by atoms with Crippen molar-refractivity contribution in [3.63, 3.8) is 0 Å². The molecular formula is C8H15NO4. The molecule has 13 heavy (non-hydrogen) atoms. The average molecular weight is 189 g/mol. The number of ether oxygens (including phenoxy) is 2. The summed E-state index contributed by atoms with van der Waals surface area (Å²) in [6, 6.07) is 0. The highest BCUT2D eigenvalue weighted by atomic mass is 16.5. The number of methoxy groups -OCH3 is 2. The maximum atomic E-state index is 10.8. The van der Waals surface area contributed by atoms with Gasteiger partial charge in [-0.15, -0.1) is 0 Å². The Morgan fingerprint density at radius 1 is 1.31 bits per heavy atom. The Balaban J connectivity index is 3.25. The molecule has 5 heteroatoms. The molecule has 0 atom stereocenters. The van der Waals surface area contributed by atoms with Gasteiger partial charge in [-0.3, -0.25) is 9.59 Å². The SMILES string of the molecule is COCC(=O)NCCCC(=O)OC. The molecule has 1 amide bonds. The Bertz CT molecular complexity index is 170. The number of amides is 1. The van der Waals surface area contributed by atoms with Crippen molar-refractivity contribution in [3.8, 4) is 0 Å². The monoisotopic (exact) mass is 189 g/mol. The highest BCUT2D eigenvalue weighted by Gasteiger charge is 2.01. The van der Waals surface area contributed by atoms with E-state index in [9.17, 15) is 9.59 Å². The zero-order valence-electron chi connectivity index (χ0n) is 7.96. The van der Waals surface area contributed by atoms with E-state index in [0.29, 0.717) is 19.4 Å². The summed E-state index contributed by atoms with van der Waals surface area (Å²) in [5, 5.41) is 2.59. The molecule has 0 heterocycles. The van der Waals surface area contributed by atoms with E-state index in [1.54, 1.807) is 0 Å². The molecule has 0 bridgehead atoms. The Morgan fingerprint density at radius 3 is 2.54 bits per heavy atom. The quantitative estimate of drug-likeness (QED) is 0.460. The van der Waals surface area contributed by atoms with E-state index < -0.39 is 0 Å². The van der Waals surface area contributed by atoms with E-state index in [-0.39, 0.29) is 18.5 Å². The minimum Gasteiger partial charge on any atom is -0.469 e. The predicted molar refractivity (Wildman–Crippen MR) is 46.1 cm³/mol. The number of hydrogen-bond donors (Lipinski definition) is 1. The third kappa shape index (κ3) is 7.27. The summed E-state index contributed by atoms with van der Waals surface area (Å²) >= 11 is 0. The van der Waals surface area contributed by atoms with Gasteiger partial charge in [0.25, 0.3) is 0 Å². The summed E-state index contributed by atoms with van der Waals surface area (Å²) < 4.78 is 9.03. The van der Waals surface area contributed by atoms with E-state index in [1.807, 2.05) is 0 Å². The molecule has 0 fully saturated rings. The Labute approximate surface area is 77.4 Å². The van der Waals surface area contributed by atoms with Gasteiger partial charge in [-0.05, 0) is 6.42 Å². The zero-order valence-corrected chi connectivity index (χ0v) is 7.96. The van der Waals surface area contributed by atoms with E-state index >= 15 is 0 Å². The van der Waals surface area contributed by atoms with Gasteiger partial charge in [-0.1, -0.05) is 0 Å². The Hall–Kier alpha value is -1.10. The van der Waals surface area contributed by atoms with E-state index in [2.05, 4.69) is 14.8 Å². The molecule has 0 unspecified atom stereocenters. The van der Waals surface area contributed by atoms with Crippen LogP contribution in [0.2, 0.25) is 0 Å². The minimum atomic E-state index is -0.263. The lowest BCUT2D eigenvalue weighted by molar-refractivity contribution is -0.140. The second-order valence-electron chi connectivity index (χ2n) is 2.46. The van der Waals surface area contributed by atoms with Crippen LogP contribution in [0.5, 0.6) is 0 Å². The molecule has 0 radical (unpaired) electrons. The molecular weight excluding hydrogens is 174 g/mol. The largest absolute Gasteiger partial charge is 0.469 e. The number of esters is 1. The van der Waals surface area contributed by atoms with Crippen LogP contribution in [0.1, 0.15) is 12.8 Å². The van der Waals surface area contributed by atoms with Gasteiger partial charge in [0.1, 0.15) is 6.61 Å². The zero-order chi connectivity index (χ0) is 10.1. The normalized spacial score (nSPS) is 9.38. The third-order valence-corrected chi connectivity index (χ3v) is 1.38. The lowest BCUT2D eigenvalue weighted by Gasteiger charge is -2.03. The lowest BCUT2D eigenvalue weighted by Crippen LogP contribution is -2.28. The topological polar surface area (TPSA) is 64.6 Å². The van der Waals surface area contributed by atoms with Crippen molar-refractivity contribution in [2.24, 2.45) is 0 Å². The van der Waals surface area contributed by atoms with Gasteiger partial charge in [0.15, 0.2) is 0 Å². The van der Waals surface area contributed by atoms with Crippen LogP contribution < -0.4 is 5.32 Å². The van der Waals surface area contributed by atoms with Crippen LogP contribution in [0.15, 0.2) is 0 Å². The van der Waals surface area contributed by atoms with Crippen molar-refractivity contribution in [3.05, 3.63) is 0 Å². The van der Waals surface area contributed by atoms with E-state index in [0.717, 1.165) is 0 Å². The van der Waals surface area contributed by atoms with Crippen molar-refractivity contribution in [2.45, 2.75) is 12.8 Å². The lowest BCUT2D eigenvalue weighted by atomic mass is 10.3. The van der Waals surface area contributed by atoms with E-state index in [4.69, 9.17) is 0 Å². The van der Waals surface area contributed by atoms with Crippen LogP contribution in [0, 0.1) is 0 Å². The first-order valence-electron chi connectivity index (χ1n) is 4.03. The molecule has 0 spiro atoms. The highest BCUT2D eigenvalue weighted by Crippen LogP contribution is 1.89. The summed E-state index contributed by atoms with van der Waals surface area (Å²) in [6.07, 6.45) is 0.909. The fraction of sp³-hybridized carbons (Fsp3) is 0.750. The number of nitrogens with one attached hydrogen (secondary N) is 1. The molecule has 0 saturated carbocycles. The molecule has 0 aromatic carbocycles.